The summed E-state index contributed by atoms with van der Waals surface area (Å²) >= 11 is 0. The highest BCUT2D eigenvalue weighted by atomic mass is 16.5. The van der Waals surface area contributed by atoms with Crippen molar-refractivity contribution >= 4 is 21.8 Å². The van der Waals surface area contributed by atoms with Crippen LogP contribution in [0, 0.1) is 0 Å². The highest BCUT2D eigenvalue weighted by Crippen LogP contribution is 2.46. The second-order valence-electron chi connectivity index (χ2n) is 16.2. The Hall–Kier alpha value is -8.37. The van der Waals surface area contributed by atoms with E-state index in [-0.39, 0.29) is 11.8 Å². The van der Waals surface area contributed by atoms with Crippen molar-refractivity contribution in [2.75, 3.05) is 0 Å². The van der Waals surface area contributed by atoms with Crippen molar-refractivity contribution in [2.45, 2.75) is 39.5 Å². The van der Waals surface area contributed by atoms with Gasteiger partial charge in [-0.1, -0.05) is 100 Å². The predicted octanol–water partition coefficient (Wildman–Crippen LogP) is 14.5. The average Bonchev–Trinajstić information content (AvgIpc) is 3.65. The zero-order valence-electron chi connectivity index (χ0n) is 36.3. The van der Waals surface area contributed by atoms with E-state index in [9.17, 15) is 0 Å². The van der Waals surface area contributed by atoms with Crippen molar-refractivity contribution in [2.24, 2.45) is 0 Å². The minimum absolute atomic E-state index is 0.154. The predicted molar refractivity (Wildman–Crippen MR) is 255 cm³/mol. The van der Waals surface area contributed by atoms with E-state index in [1.54, 1.807) is 12.4 Å². The maximum atomic E-state index is 6.96. The molecule has 0 aliphatic carbocycles. The maximum absolute atomic E-state index is 6.96. The number of aromatic nitrogens is 6. The quantitative estimate of drug-likeness (QED) is 0.112. The van der Waals surface area contributed by atoms with Gasteiger partial charge in [-0.15, -0.1) is 0 Å². The summed E-state index contributed by atoms with van der Waals surface area (Å²) in [6.07, 6.45) is 6.43. The number of hydrogen-bond donors (Lipinski definition) is 0. The van der Waals surface area contributed by atoms with Crippen LogP contribution in [0.5, 0.6) is 46.3 Å². The molecule has 0 spiro atoms. The number of benzene rings is 6. The van der Waals surface area contributed by atoms with Crippen LogP contribution in [0.2, 0.25) is 0 Å². The third-order valence-corrected chi connectivity index (χ3v) is 11.1. The van der Waals surface area contributed by atoms with Gasteiger partial charge in [0.05, 0.1) is 11.0 Å². The molecule has 0 radical (unpaired) electrons. The first-order valence-corrected chi connectivity index (χ1v) is 21.6. The van der Waals surface area contributed by atoms with Gasteiger partial charge in [0.2, 0.25) is 17.7 Å². The van der Waals surface area contributed by atoms with Gasteiger partial charge in [0.15, 0.2) is 0 Å². The number of hydrogen-bond acceptors (Lipinski definition) is 9. The Morgan fingerprint density at radius 2 is 0.862 bits per heavy atom. The first-order valence-electron chi connectivity index (χ1n) is 21.6. The van der Waals surface area contributed by atoms with E-state index in [0.29, 0.717) is 52.2 Å². The van der Waals surface area contributed by atoms with E-state index in [2.05, 4.69) is 101 Å². The van der Waals surface area contributed by atoms with Crippen LogP contribution in [0.15, 0.2) is 183 Å². The van der Waals surface area contributed by atoms with Gasteiger partial charge in [-0.3, -0.25) is 4.57 Å². The molecule has 4 heterocycles. The summed E-state index contributed by atoms with van der Waals surface area (Å²) in [6, 6.07) is 52.0. The number of rotatable bonds is 13. The normalized spacial score (nSPS) is 11.4. The summed E-state index contributed by atoms with van der Waals surface area (Å²) < 4.78 is 28.6. The minimum Gasteiger partial charge on any atom is -0.456 e. The van der Waals surface area contributed by atoms with E-state index in [1.165, 1.54) is 12.7 Å². The first-order chi connectivity index (χ1) is 31.9. The first kappa shape index (κ1) is 40.7. The maximum Gasteiger partial charge on any atom is 0.237 e. The highest BCUT2D eigenvalue weighted by Gasteiger charge is 2.23. The van der Waals surface area contributed by atoms with Gasteiger partial charge < -0.3 is 18.9 Å². The van der Waals surface area contributed by atoms with Crippen LogP contribution in [0.4, 0.5) is 0 Å². The largest absolute Gasteiger partial charge is 0.456 e. The van der Waals surface area contributed by atoms with E-state index < -0.39 is 0 Å². The summed E-state index contributed by atoms with van der Waals surface area (Å²) in [6.45, 7) is 8.69. The molecule has 0 bridgehead atoms. The topological polar surface area (TPSA) is 106 Å². The molecule has 0 aliphatic rings. The molecule has 65 heavy (non-hydrogen) atoms. The molecule has 10 nitrogen and oxygen atoms in total. The van der Waals surface area contributed by atoms with Gasteiger partial charge in [-0.2, -0.15) is 0 Å². The fraction of sp³-hybridized carbons (Fsp3) is 0.109. The monoisotopic (exact) mass is 852 g/mol. The molecule has 0 atom stereocenters. The van der Waals surface area contributed by atoms with Crippen molar-refractivity contribution in [3.05, 3.63) is 194 Å². The molecule has 0 N–H and O–H groups in total. The Bertz CT molecular complexity index is 3060. The lowest BCUT2D eigenvalue weighted by Gasteiger charge is -2.20. The van der Waals surface area contributed by atoms with Gasteiger partial charge in [0, 0.05) is 70.7 Å². The lowest BCUT2D eigenvalue weighted by molar-refractivity contribution is 0.448. The summed E-state index contributed by atoms with van der Waals surface area (Å²) in [5.41, 5.74) is 7.88. The van der Waals surface area contributed by atoms with E-state index in [0.717, 1.165) is 55.2 Å². The van der Waals surface area contributed by atoms with Crippen LogP contribution in [0.1, 0.15) is 50.7 Å². The second-order valence-corrected chi connectivity index (χ2v) is 16.2. The lowest BCUT2D eigenvalue weighted by Crippen LogP contribution is -2.01. The molecule has 0 saturated heterocycles. The minimum atomic E-state index is 0.154. The van der Waals surface area contributed by atoms with Gasteiger partial charge in [-0.05, 0) is 82.6 Å². The van der Waals surface area contributed by atoms with Crippen molar-refractivity contribution in [1.29, 1.82) is 0 Å². The van der Waals surface area contributed by atoms with E-state index >= 15 is 0 Å². The van der Waals surface area contributed by atoms with Crippen LogP contribution in [0.3, 0.4) is 0 Å². The van der Waals surface area contributed by atoms with Gasteiger partial charge >= 0.3 is 0 Å². The third kappa shape index (κ3) is 8.45. The zero-order chi connectivity index (χ0) is 44.3. The Morgan fingerprint density at radius 1 is 0.415 bits per heavy atom. The second kappa shape index (κ2) is 17.8. The van der Waals surface area contributed by atoms with Gasteiger partial charge in [0.25, 0.3) is 0 Å². The zero-order valence-corrected chi connectivity index (χ0v) is 36.3. The fourth-order valence-electron chi connectivity index (χ4n) is 8.22. The molecular formula is C55H44N6O4. The van der Waals surface area contributed by atoms with Crippen molar-refractivity contribution in [3.8, 4) is 74.5 Å². The number of ether oxygens (including phenoxy) is 4. The molecular weight excluding hydrogens is 809 g/mol. The standard InChI is InChI=1S/C55H44N6O4/c1-35(2)45-27-41(64-51-19-11-13-25-57-51)31-49(53(45)37-15-7-5-8-16-37)62-39-21-23-43-44-24-22-40(30-48(44)61(47(43)29-39)55-59-33-56-34-60-55)63-50-32-42(65-52-20-12-14-26-58-52)28-46(36(3)4)54(50)38-17-9-6-10-18-38/h5-36H,1-4H3. The Balaban J connectivity index is 1.10. The van der Waals surface area contributed by atoms with Crippen LogP contribution in [0.25, 0.3) is 50.0 Å². The molecule has 0 unspecified atom stereocenters. The van der Waals surface area contributed by atoms with E-state index in [4.69, 9.17) is 18.9 Å². The molecule has 0 saturated carbocycles. The highest BCUT2D eigenvalue weighted by molar-refractivity contribution is 6.09. The number of nitrogens with zero attached hydrogens (tertiary/aromatic N) is 6. The summed E-state index contributed by atoms with van der Waals surface area (Å²) in [5, 5.41) is 1.96. The van der Waals surface area contributed by atoms with Crippen molar-refractivity contribution in [1.82, 2.24) is 29.5 Å². The molecule has 0 amide bonds. The Kier molecular flexibility index (Phi) is 11.1. The van der Waals surface area contributed by atoms with E-state index in [1.807, 2.05) is 114 Å². The molecule has 0 fully saturated rings. The Labute approximate surface area is 376 Å². The molecule has 6 aromatic carbocycles. The Morgan fingerprint density at radius 3 is 1.28 bits per heavy atom. The van der Waals surface area contributed by atoms with Crippen LogP contribution < -0.4 is 18.9 Å². The molecule has 318 valence electrons. The molecule has 4 aromatic heterocycles. The number of fused-ring (bicyclic) bond motifs is 3. The smallest absolute Gasteiger partial charge is 0.237 e. The van der Waals surface area contributed by atoms with Crippen LogP contribution in [-0.2, 0) is 0 Å². The third-order valence-electron chi connectivity index (χ3n) is 11.1. The van der Waals surface area contributed by atoms with Gasteiger partial charge in [-0.25, -0.2) is 24.9 Å². The fourth-order valence-corrected chi connectivity index (χ4v) is 8.22. The van der Waals surface area contributed by atoms with Crippen molar-refractivity contribution in [3.63, 3.8) is 0 Å². The summed E-state index contributed by atoms with van der Waals surface area (Å²) in [4.78, 5) is 22.2. The molecule has 10 rings (SSSR count). The summed E-state index contributed by atoms with van der Waals surface area (Å²) in [7, 11) is 0. The molecule has 10 aromatic rings. The summed E-state index contributed by atoms with van der Waals surface area (Å²) in [5.74, 6) is 5.53. The average molecular weight is 853 g/mol. The van der Waals surface area contributed by atoms with Crippen molar-refractivity contribution < 1.29 is 18.9 Å². The molecule has 10 heteroatoms. The molecule has 0 aliphatic heterocycles. The van der Waals surface area contributed by atoms with Crippen LogP contribution in [-0.4, -0.2) is 29.5 Å². The van der Waals surface area contributed by atoms with Gasteiger partial charge in [0.1, 0.15) is 47.2 Å². The SMILES string of the molecule is CC(C)c1cc(Oc2ccccn2)cc(Oc2ccc3c4ccc(Oc5cc(Oc6ccccn6)cc(C(C)C)c5-c5ccccc5)cc4n(-c4ncncn4)c3c2)c1-c1ccccc1. The van der Waals surface area contributed by atoms with Crippen LogP contribution >= 0.6 is 0 Å². The lowest BCUT2D eigenvalue weighted by atomic mass is 9.91. The number of pyridine rings is 2.